The van der Waals surface area contributed by atoms with E-state index in [1.807, 2.05) is 0 Å². The molecule has 2 aliphatic carbocycles. The molecule has 1 atom stereocenters. The lowest BCUT2D eigenvalue weighted by atomic mass is 10.1. The van der Waals surface area contributed by atoms with Gasteiger partial charge in [0.2, 0.25) is 0 Å². The van der Waals surface area contributed by atoms with Crippen LogP contribution in [0.4, 0.5) is 4.39 Å². The van der Waals surface area contributed by atoms with Crippen molar-refractivity contribution in [2.45, 2.75) is 50.8 Å². The summed E-state index contributed by atoms with van der Waals surface area (Å²) in [5, 5.41) is 3.41. The van der Waals surface area contributed by atoms with E-state index >= 15 is 0 Å². The number of hydrogen-bond donors (Lipinski definition) is 1. The Morgan fingerprint density at radius 2 is 2.16 bits per heavy atom. The molecule has 1 saturated carbocycles. The highest BCUT2D eigenvalue weighted by molar-refractivity contribution is 5.34. The summed E-state index contributed by atoms with van der Waals surface area (Å²) in [6.07, 6.45) is 10.2. The molecule has 2 aliphatic rings. The fraction of sp³-hybridized carbons (Fsp3) is 0.500. The van der Waals surface area contributed by atoms with Crippen LogP contribution in [-0.4, -0.2) is 12.1 Å². The number of hydrogen-bond acceptors (Lipinski definition) is 2. The summed E-state index contributed by atoms with van der Waals surface area (Å²) >= 11 is 0. The molecule has 1 aromatic carbocycles. The minimum Gasteiger partial charge on any atom is -0.486 e. The molecule has 1 fully saturated rings. The van der Waals surface area contributed by atoms with Crippen molar-refractivity contribution >= 4 is 0 Å². The zero-order valence-electron chi connectivity index (χ0n) is 11.1. The molecule has 0 aliphatic heterocycles. The molecule has 0 saturated heterocycles. The third-order valence-corrected chi connectivity index (χ3v) is 3.67. The lowest BCUT2D eigenvalue weighted by Crippen LogP contribution is -2.19. The Morgan fingerprint density at radius 3 is 2.89 bits per heavy atom. The van der Waals surface area contributed by atoms with E-state index in [1.54, 1.807) is 12.1 Å². The van der Waals surface area contributed by atoms with Crippen LogP contribution in [0.25, 0.3) is 0 Å². The van der Waals surface area contributed by atoms with Crippen LogP contribution in [0.1, 0.15) is 37.7 Å². The molecular weight excluding hydrogens is 241 g/mol. The summed E-state index contributed by atoms with van der Waals surface area (Å²) in [5.74, 6) is 0.616. The highest BCUT2D eigenvalue weighted by Crippen LogP contribution is 2.26. The Labute approximate surface area is 113 Å². The molecule has 1 aromatic rings. The SMILES string of the molecule is Fc1ccc(OC2C=CCCC2)c(CNC2CC2)c1. The minimum absolute atomic E-state index is 0.138. The zero-order chi connectivity index (χ0) is 13.1. The average molecular weight is 261 g/mol. The van der Waals surface area contributed by atoms with Crippen molar-refractivity contribution in [3.05, 3.63) is 41.7 Å². The molecule has 3 rings (SSSR count). The molecule has 0 heterocycles. The van der Waals surface area contributed by atoms with Gasteiger partial charge in [-0.15, -0.1) is 0 Å². The van der Waals surface area contributed by atoms with Crippen LogP contribution in [-0.2, 0) is 6.54 Å². The molecular formula is C16H20FNO. The predicted octanol–water partition coefficient (Wildman–Crippen LogP) is 3.57. The molecule has 0 spiro atoms. The topological polar surface area (TPSA) is 21.3 Å². The van der Waals surface area contributed by atoms with Gasteiger partial charge in [0.15, 0.2) is 0 Å². The summed E-state index contributed by atoms with van der Waals surface area (Å²) in [6.45, 7) is 0.689. The van der Waals surface area contributed by atoms with E-state index in [4.69, 9.17) is 4.74 Å². The second-order valence-corrected chi connectivity index (χ2v) is 5.42. The van der Waals surface area contributed by atoms with Crippen molar-refractivity contribution in [1.29, 1.82) is 0 Å². The van der Waals surface area contributed by atoms with E-state index in [9.17, 15) is 4.39 Å². The number of benzene rings is 1. The van der Waals surface area contributed by atoms with Crippen LogP contribution in [0.3, 0.4) is 0 Å². The van der Waals surface area contributed by atoms with Gasteiger partial charge in [-0.05, 0) is 56.4 Å². The predicted molar refractivity (Wildman–Crippen MR) is 73.7 cm³/mol. The second kappa shape index (κ2) is 5.74. The van der Waals surface area contributed by atoms with Crippen LogP contribution in [0.5, 0.6) is 5.75 Å². The molecule has 0 aromatic heterocycles. The molecule has 1 unspecified atom stereocenters. The van der Waals surface area contributed by atoms with E-state index in [-0.39, 0.29) is 11.9 Å². The van der Waals surface area contributed by atoms with E-state index in [0.29, 0.717) is 12.6 Å². The molecule has 1 N–H and O–H groups in total. The Morgan fingerprint density at radius 1 is 1.26 bits per heavy atom. The van der Waals surface area contributed by atoms with Crippen molar-refractivity contribution in [3.8, 4) is 5.75 Å². The van der Waals surface area contributed by atoms with Crippen molar-refractivity contribution in [2.75, 3.05) is 0 Å². The lowest BCUT2D eigenvalue weighted by molar-refractivity contribution is 0.227. The largest absolute Gasteiger partial charge is 0.486 e. The summed E-state index contributed by atoms with van der Waals surface area (Å²) in [7, 11) is 0. The van der Waals surface area contributed by atoms with Gasteiger partial charge in [0.25, 0.3) is 0 Å². The molecule has 0 bridgehead atoms. The van der Waals surface area contributed by atoms with E-state index < -0.39 is 0 Å². The van der Waals surface area contributed by atoms with Crippen LogP contribution in [0.2, 0.25) is 0 Å². The van der Waals surface area contributed by atoms with Gasteiger partial charge in [-0.1, -0.05) is 6.08 Å². The zero-order valence-corrected chi connectivity index (χ0v) is 11.1. The highest BCUT2D eigenvalue weighted by Gasteiger charge is 2.21. The van der Waals surface area contributed by atoms with Crippen LogP contribution >= 0.6 is 0 Å². The van der Waals surface area contributed by atoms with Gasteiger partial charge in [-0.2, -0.15) is 0 Å². The van der Waals surface area contributed by atoms with E-state index in [0.717, 1.165) is 30.6 Å². The Bertz CT molecular complexity index is 468. The standard InChI is InChI=1S/C16H20FNO/c17-13-6-9-16(19-15-4-2-1-3-5-15)12(10-13)11-18-14-7-8-14/h2,4,6,9-10,14-15,18H,1,3,5,7-8,11H2. The van der Waals surface area contributed by atoms with Gasteiger partial charge < -0.3 is 10.1 Å². The summed E-state index contributed by atoms with van der Waals surface area (Å²) in [4.78, 5) is 0. The van der Waals surface area contributed by atoms with Gasteiger partial charge in [0, 0.05) is 18.2 Å². The number of rotatable bonds is 5. The fourth-order valence-electron chi connectivity index (χ4n) is 2.39. The summed E-state index contributed by atoms with van der Waals surface area (Å²) < 4.78 is 19.4. The third-order valence-electron chi connectivity index (χ3n) is 3.67. The first-order valence-corrected chi connectivity index (χ1v) is 7.16. The van der Waals surface area contributed by atoms with Crippen LogP contribution < -0.4 is 10.1 Å². The van der Waals surface area contributed by atoms with Gasteiger partial charge >= 0.3 is 0 Å². The maximum Gasteiger partial charge on any atom is 0.124 e. The third kappa shape index (κ3) is 3.57. The van der Waals surface area contributed by atoms with Crippen LogP contribution in [0.15, 0.2) is 30.4 Å². The monoisotopic (exact) mass is 261 g/mol. The smallest absolute Gasteiger partial charge is 0.124 e. The fourth-order valence-corrected chi connectivity index (χ4v) is 2.39. The number of nitrogens with one attached hydrogen (secondary N) is 1. The highest BCUT2D eigenvalue weighted by atomic mass is 19.1. The summed E-state index contributed by atoms with van der Waals surface area (Å²) in [5.41, 5.74) is 0.922. The van der Waals surface area contributed by atoms with Crippen molar-refractivity contribution < 1.29 is 9.13 Å². The van der Waals surface area contributed by atoms with Crippen molar-refractivity contribution in [3.63, 3.8) is 0 Å². The molecule has 0 radical (unpaired) electrons. The number of halogens is 1. The maximum absolute atomic E-state index is 13.4. The second-order valence-electron chi connectivity index (χ2n) is 5.42. The molecule has 3 heteroatoms. The molecule has 0 amide bonds. The van der Waals surface area contributed by atoms with Crippen LogP contribution in [0, 0.1) is 5.82 Å². The number of allylic oxidation sites excluding steroid dienone is 1. The lowest BCUT2D eigenvalue weighted by Gasteiger charge is -2.20. The Hall–Kier alpha value is -1.35. The first kappa shape index (κ1) is 12.7. The van der Waals surface area contributed by atoms with Crippen molar-refractivity contribution in [2.24, 2.45) is 0 Å². The minimum atomic E-state index is -0.195. The Balaban J connectivity index is 1.70. The van der Waals surface area contributed by atoms with E-state index in [1.165, 1.54) is 18.9 Å². The quantitative estimate of drug-likeness (QED) is 0.818. The maximum atomic E-state index is 13.4. The van der Waals surface area contributed by atoms with E-state index in [2.05, 4.69) is 17.5 Å². The van der Waals surface area contributed by atoms with Gasteiger partial charge in [-0.3, -0.25) is 0 Å². The van der Waals surface area contributed by atoms with Gasteiger partial charge in [-0.25, -0.2) is 4.39 Å². The van der Waals surface area contributed by atoms with Gasteiger partial charge in [0.05, 0.1) is 0 Å². The molecule has 19 heavy (non-hydrogen) atoms. The Kier molecular flexibility index (Phi) is 3.83. The number of ether oxygens (including phenoxy) is 1. The normalized spacial score (nSPS) is 22.5. The van der Waals surface area contributed by atoms with Gasteiger partial charge in [0.1, 0.15) is 17.7 Å². The summed E-state index contributed by atoms with van der Waals surface area (Å²) in [6, 6.07) is 5.42. The first-order chi connectivity index (χ1) is 9.31. The average Bonchev–Trinajstić information content (AvgIpc) is 3.24. The first-order valence-electron chi connectivity index (χ1n) is 7.16. The van der Waals surface area contributed by atoms with Crippen molar-refractivity contribution in [1.82, 2.24) is 5.32 Å². The molecule has 102 valence electrons. The molecule has 2 nitrogen and oxygen atoms in total.